The molecular formula is C18H32N2. The van der Waals surface area contributed by atoms with Crippen molar-refractivity contribution in [2.75, 3.05) is 6.54 Å². The molecule has 1 aromatic rings. The Kier molecular flexibility index (Phi) is 9.31. The minimum atomic E-state index is 0.428. The van der Waals surface area contributed by atoms with Crippen molar-refractivity contribution in [2.24, 2.45) is 0 Å². The van der Waals surface area contributed by atoms with E-state index < -0.39 is 0 Å². The number of aryl methyl sites for hydroxylation is 1. The third-order valence-electron chi connectivity index (χ3n) is 3.93. The first kappa shape index (κ1) is 17.2. The molecule has 0 saturated heterocycles. The number of hydrogen-bond donors (Lipinski definition) is 1. The molecule has 0 aliphatic rings. The molecule has 1 unspecified atom stereocenters. The summed E-state index contributed by atoms with van der Waals surface area (Å²) in [6.07, 6.45) is 12.7. The number of rotatable bonds is 11. The second kappa shape index (κ2) is 10.8. The Hall–Kier alpha value is -0.890. The van der Waals surface area contributed by atoms with E-state index in [1.807, 2.05) is 12.3 Å². The van der Waals surface area contributed by atoms with Crippen molar-refractivity contribution in [2.45, 2.75) is 78.2 Å². The van der Waals surface area contributed by atoms with Gasteiger partial charge >= 0.3 is 0 Å². The fourth-order valence-corrected chi connectivity index (χ4v) is 2.75. The zero-order valence-corrected chi connectivity index (χ0v) is 13.6. The molecule has 114 valence electrons. The van der Waals surface area contributed by atoms with E-state index in [2.05, 4.69) is 37.1 Å². The first-order valence-corrected chi connectivity index (χ1v) is 8.44. The average molecular weight is 276 g/mol. The molecule has 1 atom stereocenters. The van der Waals surface area contributed by atoms with Crippen LogP contribution in [0.2, 0.25) is 0 Å². The van der Waals surface area contributed by atoms with Gasteiger partial charge in [-0.1, -0.05) is 64.9 Å². The van der Waals surface area contributed by atoms with Crippen LogP contribution in [0.5, 0.6) is 0 Å². The van der Waals surface area contributed by atoms with Crippen molar-refractivity contribution >= 4 is 0 Å². The Balaban J connectivity index is 2.31. The molecule has 0 aliphatic carbocycles. The van der Waals surface area contributed by atoms with Crippen molar-refractivity contribution in [1.82, 2.24) is 10.3 Å². The van der Waals surface area contributed by atoms with E-state index in [0.29, 0.717) is 6.04 Å². The van der Waals surface area contributed by atoms with Crippen LogP contribution in [0.1, 0.15) is 82.5 Å². The maximum absolute atomic E-state index is 4.57. The monoisotopic (exact) mass is 276 g/mol. The molecule has 2 nitrogen and oxygen atoms in total. The largest absolute Gasteiger partial charge is 0.309 e. The minimum Gasteiger partial charge on any atom is -0.309 e. The average Bonchev–Trinajstić information content (AvgIpc) is 2.46. The third-order valence-corrected chi connectivity index (χ3v) is 3.93. The zero-order valence-electron chi connectivity index (χ0n) is 13.6. The summed E-state index contributed by atoms with van der Waals surface area (Å²) >= 11 is 0. The van der Waals surface area contributed by atoms with Crippen LogP contribution >= 0.6 is 0 Å². The summed E-state index contributed by atoms with van der Waals surface area (Å²) < 4.78 is 0. The summed E-state index contributed by atoms with van der Waals surface area (Å²) in [5.41, 5.74) is 2.54. The predicted octanol–water partition coefficient (Wildman–Crippen LogP) is 5.18. The molecular weight excluding hydrogens is 244 g/mol. The second-order valence-corrected chi connectivity index (χ2v) is 5.73. The Morgan fingerprint density at radius 1 is 1.05 bits per heavy atom. The SMILES string of the molecule is CCCCCCCCCC(NCC)c1ncccc1C. The lowest BCUT2D eigenvalue weighted by molar-refractivity contribution is 0.466. The second-order valence-electron chi connectivity index (χ2n) is 5.73. The van der Waals surface area contributed by atoms with Crippen molar-refractivity contribution < 1.29 is 0 Å². The lowest BCUT2D eigenvalue weighted by Crippen LogP contribution is -2.22. The number of pyridine rings is 1. The highest BCUT2D eigenvalue weighted by molar-refractivity contribution is 5.21. The summed E-state index contributed by atoms with van der Waals surface area (Å²) in [5.74, 6) is 0. The van der Waals surface area contributed by atoms with Crippen LogP contribution in [0, 0.1) is 6.92 Å². The van der Waals surface area contributed by atoms with E-state index in [0.717, 1.165) is 6.54 Å². The van der Waals surface area contributed by atoms with Crippen LogP contribution in [0.3, 0.4) is 0 Å². The van der Waals surface area contributed by atoms with Gasteiger partial charge in [0.15, 0.2) is 0 Å². The molecule has 0 saturated carbocycles. The number of nitrogens with zero attached hydrogens (tertiary/aromatic N) is 1. The van der Waals surface area contributed by atoms with E-state index >= 15 is 0 Å². The van der Waals surface area contributed by atoms with Gasteiger partial charge in [0.05, 0.1) is 5.69 Å². The van der Waals surface area contributed by atoms with E-state index in [-0.39, 0.29) is 0 Å². The Morgan fingerprint density at radius 3 is 2.40 bits per heavy atom. The number of nitrogens with one attached hydrogen (secondary N) is 1. The topological polar surface area (TPSA) is 24.9 Å². The molecule has 1 aromatic heterocycles. The van der Waals surface area contributed by atoms with Gasteiger partial charge in [-0.15, -0.1) is 0 Å². The van der Waals surface area contributed by atoms with Gasteiger partial charge in [0.1, 0.15) is 0 Å². The van der Waals surface area contributed by atoms with Crippen molar-refractivity contribution in [3.8, 4) is 0 Å². The van der Waals surface area contributed by atoms with Gasteiger partial charge in [-0.25, -0.2) is 0 Å². The first-order chi connectivity index (χ1) is 9.79. The van der Waals surface area contributed by atoms with Crippen LogP contribution in [0.4, 0.5) is 0 Å². The molecule has 1 N–H and O–H groups in total. The van der Waals surface area contributed by atoms with Crippen LogP contribution in [-0.2, 0) is 0 Å². The Bertz CT molecular complexity index is 349. The number of hydrogen-bond acceptors (Lipinski definition) is 2. The molecule has 0 aromatic carbocycles. The van der Waals surface area contributed by atoms with Crippen molar-refractivity contribution in [1.29, 1.82) is 0 Å². The molecule has 2 heteroatoms. The van der Waals surface area contributed by atoms with E-state index in [1.54, 1.807) is 0 Å². The van der Waals surface area contributed by atoms with Crippen LogP contribution in [-0.4, -0.2) is 11.5 Å². The van der Waals surface area contributed by atoms with Gasteiger partial charge in [0, 0.05) is 12.2 Å². The highest BCUT2D eigenvalue weighted by Gasteiger charge is 2.13. The van der Waals surface area contributed by atoms with Gasteiger partial charge < -0.3 is 5.32 Å². The summed E-state index contributed by atoms with van der Waals surface area (Å²) in [7, 11) is 0. The summed E-state index contributed by atoms with van der Waals surface area (Å²) in [5, 5.41) is 3.59. The molecule has 0 amide bonds. The number of aromatic nitrogens is 1. The Morgan fingerprint density at radius 2 is 1.75 bits per heavy atom. The predicted molar refractivity (Wildman–Crippen MR) is 88.0 cm³/mol. The maximum Gasteiger partial charge on any atom is 0.0602 e. The summed E-state index contributed by atoms with van der Waals surface area (Å²) in [4.78, 5) is 4.57. The van der Waals surface area contributed by atoms with Gasteiger partial charge in [-0.05, 0) is 31.5 Å². The minimum absolute atomic E-state index is 0.428. The first-order valence-electron chi connectivity index (χ1n) is 8.44. The zero-order chi connectivity index (χ0) is 14.6. The van der Waals surface area contributed by atoms with Gasteiger partial charge in [-0.2, -0.15) is 0 Å². The summed E-state index contributed by atoms with van der Waals surface area (Å²) in [6, 6.07) is 4.62. The molecule has 0 bridgehead atoms. The third kappa shape index (κ3) is 6.51. The van der Waals surface area contributed by atoms with E-state index in [4.69, 9.17) is 0 Å². The lowest BCUT2D eigenvalue weighted by Gasteiger charge is -2.19. The molecule has 1 heterocycles. The fourth-order valence-electron chi connectivity index (χ4n) is 2.75. The molecule has 0 spiro atoms. The van der Waals surface area contributed by atoms with E-state index in [1.165, 1.54) is 62.6 Å². The van der Waals surface area contributed by atoms with Crippen LogP contribution in [0.25, 0.3) is 0 Å². The van der Waals surface area contributed by atoms with Crippen LogP contribution < -0.4 is 5.32 Å². The standard InChI is InChI=1S/C18H32N2/c1-4-6-7-8-9-10-11-14-17(19-5-2)18-16(3)13-12-15-20-18/h12-13,15,17,19H,4-11,14H2,1-3H3. The van der Waals surface area contributed by atoms with Gasteiger partial charge in [0.2, 0.25) is 0 Å². The van der Waals surface area contributed by atoms with Gasteiger partial charge in [-0.3, -0.25) is 4.98 Å². The van der Waals surface area contributed by atoms with Crippen molar-refractivity contribution in [3.63, 3.8) is 0 Å². The maximum atomic E-state index is 4.57. The van der Waals surface area contributed by atoms with Crippen molar-refractivity contribution in [3.05, 3.63) is 29.6 Å². The highest BCUT2D eigenvalue weighted by Crippen LogP contribution is 2.21. The molecule has 0 radical (unpaired) electrons. The molecule has 1 rings (SSSR count). The highest BCUT2D eigenvalue weighted by atomic mass is 14.9. The quantitative estimate of drug-likeness (QED) is 0.563. The Labute approximate surface area is 125 Å². The molecule has 0 aliphatic heterocycles. The molecule has 20 heavy (non-hydrogen) atoms. The van der Waals surface area contributed by atoms with Crippen LogP contribution in [0.15, 0.2) is 18.3 Å². The lowest BCUT2D eigenvalue weighted by atomic mass is 10.0. The van der Waals surface area contributed by atoms with E-state index in [9.17, 15) is 0 Å². The normalized spacial score (nSPS) is 12.6. The smallest absolute Gasteiger partial charge is 0.0602 e. The molecule has 0 fully saturated rings. The fraction of sp³-hybridized carbons (Fsp3) is 0.722. The number of unbranched alkanes of at least 4 members (excludes halogenated alkanes) is 6. The van der Waals surface area contributed by atoms with Gasteiger partial charge in [0.25, 0.3) is 0 Å². The summed E-state index contributed by atoms with van der Waals surface area (Å²) in [6.45, 7) is 7.63.